The SMILES string of the molecule is CC(Sc1nc2ccc(N=Cc3ccc(Cl)cc3)cc2s1)C(=O)Nc1nccs1. The summed E-state index contributed by atoms with van der Waals surface area (Å²) >= 11 is 10.3. The number of anilines is 1. The van der Waals surface area contributed by atoms with E-state index in [1.165, 1.54) is 23.1 Å². The molecular weight excluding hydrogens is 444 g/mol. The van der Waals surface area contributed by atoms with Crippen molar-refractivity contribution in [3.05, 3.63) is 64.6 Å². The van der Waals surface area contributed by atoms with Crippen LogP contribution in [0.2, 0.25) is 5.02 Å². The summed E-state index contributed by atoms with van der Waals surface area (Å²) in [6, 6.07) is 13.4. The van der Waals surface area contributed by atoms with Gasteiger partial charge >= 0.3 is 0 Å². The number of nitrogens with one attached hydrogen (secondary N) is 1. The molecule has 2 aromatic heterocycles. The van der Waals surface area contributed by atoms with Gasteiger partial charge in [0.15, 0.2) is 9.47 Å². The Morgan fingerprint density at radius 2 is 2.10 bits per heavy atom. The summed E-state index contributed by atoms with van der Waals surface area (Å²) in [4.78, 5) is 25.5. The van der Waals surface area contributed by atoms with E-state index in [4.69, 9.17) is 11.6 Å². The first-order valence-corrected chi connectivity index (χ1v) is 11.6. The molecule has 146 valence electrons. The van der Waals surface area contributed by atoms with Crippen molar-refractivity contribution in [3.63, 3.8) is 0 Å². The Labute approximate surface area is 184 Å². The highest BCUT2D eigenvalue weighted by molar-refractivity contribution is 8.02. The summed E-state index contributed by atoms with van der Waals surface area (Å²) in [6.45, 7) is 1.86. The zero-order valence-electron chi connectivity index (χ0n) is 15.2. The van der Waals surface area contributed by atoms with Crippen molar-refractivity contribution in [3.8, 4) is 0 Å². The van der Waals surface area contributed by atoms with E-state index in [0.717, 1.165) is 25.8 Å². The van der Waals surface area contributed by atoms with Crippen LogP contribution < -0.4 is 5.32 Å². The first kappa shape index (κ1) is 20.0. The highest BCUT2D eigenvalue weighted by atomic mass is 35.5. The van der Waals surface area contributed by atoms with Gasteiger partial charge in [-0.15, -0.1) is 22.7 Å². The lowest BCUT2D eigenvalue weighted by Gasteiger charge is -2.07. The highest BCUT2D eigenvalue weighted by Gasteiger charge is 2.18. The molecule has 2 heterocycles. The minimum atomic E-state index is -0.276. The molecule has 1 unspecified atom stereocenters. The van der Waals surface area contributed by atoms with Crippen LogP contribution in [0.1, 0.15) is 12.5 Å². The molecular formula is C20H15ClN4OS3. The fraction of sp³-hybridized carbons (Fsp3) is 0.100. The maximum atomic E-state index is 12.3. The summed E-state index contributed by atoms with van der Waals surface area (Å²) in [5.41, 5.74) is 2.73. The third kappa shape index (κ3) is 5.22. The van der Waals surface area contributed by atoms with Crippen molar-refractivity contribution < 1.29 is 4.79 Å². The largest absolute Gasteiger partial charge is 0.301 e. The molecule has 2 aromatic carbocycles. The Morgan fingerprint density at radius 3 is 2.86 bits per heavy atom. The maximum absolute atomic E-state index is 12.3. The number of carbonyl (C=O) groups is 1. The van der Waals surface area contributed by atoms with Gasteiger partial charge in [0.25, 0.3) is 0 Å². The van der Waals surface area contributed by atoms with Crippen molar-refractivity contribution in [2.24, 2.45) is 4.99 Å². The number of thioether (sulfide) groups is 1. The first-order valence-electron chi connectivity index (χ1n) is 8.64. The number of carbonyl (C=O) groups excluding carboxylic acids is 1. The predicted molar refractivity (Wildman–Crippen MR) is 124 cm³/mol. The Bertz CT molecular complexity index is 1160. The highest BCUT2D eigenvalue weighted by Crippen LogP contribution is 2.34. The standard InChI is InChI=1S/C20H15ClN4OS3/c1-12(18(26)25-19-22-8-9-27-19)28-20-24-16-7-6-15(10-17(16)29-20)23-11-13-2-4-14(21)5-3-13/h2-12H,1H3,(H,22,25,26). The lowest BCUT2D eigenvalue weighted by Crippen LogP contribution is -2.22. The van der Waals surface area contributed by atoms with Crippen LogP contribution in [0.15, 0.2) is 63.4 Å². The van der Waals surface area contributed by atoms with Gasteiger partial charge in [0, 0.05) is 22.8 Å². The number of hydrogen-bond donors (Lipinski definition) is 1. The average Bonchev–Trinajstić information content (AvgIpc) is 3.36. The number of halogens is 1. The van der Waals surface area contributed by atoms with E-state index < -0.39 is 0 Å². The van der Waals surface area contributed by atoms with Gasteiger partial charge in [-0.2, -0.15) is 0 Å². The number of aliphatic imine (C=N–C) groups is 1. The van der Waals surface area contributed by atoms with Crippen molar-refractivity contribution in [2.45, 2.75) is 16.5 Å². The number of hydrogen-bond acceptors (Lipinski definition) is 7. The van der Waals surface area contributed by atoms with E-state index in [1.807, 2.05) is 54.8 Å². The number of rotatable bonds is 6. The van der Waals surface area contributed by atoms with Crippen LogP contribution in [0.25, 0.3) is 10.2 Å². The molecule has 0 aliphatic heterocycles. The molecule has 0 radical (unpaired) electrons. The molecule has 0 spiro atoms. The fourth-order valence-corrected chi connectivity index (χ4v) is 5.32. The summed E-state index contributed by atoms with van der Waals surface area (Å²) in [6.07, 6.45) is 3.47. The summed E-state index contributed by atoms with van der Waals surface area (Å²) < 4.78 is 1.88. The molecule has 1 amide bonds. The van der Waals surface area contributed by atoms with Crippen molar-refractivity contribution in [1.82, 2.24) is 9.97 Å². The second-order valence-electron chi connectivity index (χ2n) is 6.03. The molecule has 4 rings (SSSR count). The molecule has 0 aliphatic carbocycles. The normalized spacial score (nSPS) is 12.5. The van der Waals surface area contributed by atoms with E-state index in [1.54, 1.807) is 23.7 Å². The molecule has 29 heavy (non-hydrogen) atoms. The zero-order valence-corrected chi connectivity index (χ0v) is 18.4. The Balaban J connectivity index is 1.45. The number of benzene rings is 2. The van der Waals surface area contributed by atoms with Gasteiger partial charge in [0.2, 0.25) is 5.91 Å². The van der Waals surface area contributed by atoms with Gasteiger partial charge in [-0.3, -0.25) is 9.79 Å². The van der Waals surface area contributed by atoms with Crippen LogP contribution in [0.4, 0.5) is 10.8 Å². The molecule has 0 saturated heterocycles. The maximum Gasteiger partial charge on any atom is 0.239 e. The van der Waals surface area contributed by atoms with Gasteiger partial charge in [0.1, 0.15) is 0 Å². The number of aromatic nitrogens is 2. The monoisotopic (exact) mass is 458 g/mol. The molecule has 1 atom stereocenters. The van der Waals surface area contributed by atoms with E-state index in [2.05, 4.69) is 20.3 Å². The smallest absolute Gasteiger partial charge is 0.239 e. The Hall–Kier alpha value is -2.26. The van der Waals surface area contributed by atoms with E-state index in [9.17, 15) is 4.79 Å². The van der Waals surface area contributed by atoms with Gasteiger partial charge < -0.3 is 5.32 Å². The molecule has 0 fully saturated rings. The number of amides is 1. The molecule has 0 aliphatic rings. The summed E-state index contributed by atoms with van der Waals surface area (Å²) in [7, 11) is 0. The number of thiazole rings is 2. The van der Waals surface area contributed by atoms with Crippen LogP contribution in [0.5, 0.6) is 0 Å². The van der Waals surface area contributed by atoms with Gasteiger partial charge in [-0.1, -0.05) is 35.5 Å². The van der Waals surface area contributed by atoms with Gasteiger partial charge in [-0.25, -0.2) is 9.97 Å². The lowest BCUT2D eigenvalue weighted by atomic mass is 10.2. The second-order valence-corrected chi connectivity index (χ2v) is 9.98. The Kier molecular flexibility index (Phi) is 6.25. The Morgan fingerprint density at radius 1 is 1.28 bits per heavy atom. The second kappa shape index (κ2) is 9.04. The van der Waals surface area contributed by atoms with Crippen LogP contribution in [0.3, 0.4) is 0 Å². The minimum absolute atomic E-state index is 0.0857. The molecule has 4 aromatic rings. The topological polar surface area (TPSA) is 67.2 Å². The summed E-state index contributed by atoms with van der Waals surface area (Å²) in [5.74, 6) is -0.0857. The number of fused-ring (bicyclic) bond motifs is 1. The zero-order chi connectivity index (χ0) is 20.2. The molecule has 0 saturated carbocycles. The fourth-order valence-electron chi connectivity index (χ4n) is 2.42. The molecule has 1 N–H and O–H groups in total. The average molecular weight is 459 g/mol. The van der Waals surface area contributed by atoms with Crippen molar-refractivity contribution in [2.75, 3.05) is 5.32 Å². The van der Waals surface area contributed by atoms with E-state index in [-0.39, 0.29) is 11.2 Å². The third-order valence-electron chi connectivity index (χ3n) is 3.89. The third-order valence-corrected chi connectivity index (χ3v) is 7.05. The van der Waals surface area contributed by atoms with Gasteiger partial charge in [-0.05, 0) is 42.8 Å². The number of nitrogens with zero attached hydrogens (tertiary/aromatic N) is 3. The summed E-state index contributed by atoms with van der Waals surface area (Å²) in [5, 5.41) is 5.68. The van der Waals surface area contributed by atoms with Crippen molar-refractivity contribution >= 4 is 79.2 Å². The van der Waals surface area contributed by atoms with Crippen LogP contribution in [-0.2, 0) is 4.79 Å². The van der Waals surface area contributed by atoms with E-state index >= 15 is 0 Å². The van der Waals surface area contributed by atoms with Crippen LogP contribution >= 0.6 is 46.0 Å². The van der Waals surface area contributed by atoms with E-state index in [0.29, 0.717) is 10.2 Å². The van der Waals surface area contributed by atoms with Gasteiger partial charge in [0.05, 0.1) is 21.2 Å². The van der Waals surface area contributed by atoms with Crippen LogP contribution in [0, 0.1) is 0 Å². The van der Waals surface area contributed by atoms with Crippen molar-refractivity contribution in [1.29, 1.82) is 0 Å². The quantitative estimate of drug-likeness (QED) is 0.273. The molecule has 0 bridgehead atoms. The van der Waals surface area contributed by atoms with Crippen LogP contribution in [-0.4, -0.2) is 27.3 Å². The molecule has 9 heteroatoms. The first-order chi connectivity index (χ1) is 14.1. The lowest BCUT2D eigenvalue weighted by molar-refractivity contribution is -0.115. The molecule has 5 nitrogen and oxygen atoms in total. The minimum Gasteiger partial charge on any atom is -0.301 e. The predicted octanol–water partition coefficient (Wildman–Crippen LogP) is 6.28.